The van der Waals surface area contributed by atoms with Gasteiger partial charge in [0, 0.05) is 22.8 Å². The number of nitro groups is 1. The normalized spacial score (nSPS) is 12.3. The Labute approximate surface area is 113 Å². The zero-order valence-electron chi connectivity index (χ0n) is 8.44. The third-order valence-corrected chi connectivity index (χ3v) is 3.34. The van der Waals surface area contributed by atoms with E-state index in [9.17, 15) is 31.7 Å². The first-order valence-corrected chi connectivity index (χ1v) is 6.79. The van der Waals surface area contributed by atoms with Crippen LogP contribution in [0.15, 0.2) is 17.0 Å². The maximum absolute atomic E-state index is 12.1. The van der Waals surface area contributed by atoms with Crippen LogP contribution in [-0.2, 0) is 9.05 Å². The van der Waals surface area contributed by atoms with Crippen LogP contribution in [-0.4, -0.2) is 19.7 Å². The Balaban J connectivity index is 3.55. The largest absolute Gasteiger partial charge is 0.573 e. The summed E-state index contributed by atoms with van der Waals surface area (Å²) < 4.78 is 61.8. The molecule has 1 rings (SSSR count). The summed E-state index contributed by atoms with van der Waals surface area (Å²) in [6.45, 7) is 0. The fourth-order valence-corrected chi connectivity index (χ4v) is 2.24. The van der Waals surface area contributed by atoms with Gasteiger partial charge in [-0.2, -0.15) is 0 Å². The third kappa shape index (κ3) is 4.11. The van der Waals surface area contributed by atoms with Crippen LogP contribution in [0.2, 0.25) is 5.02 Å². The van der Waals surface area contributed by atoms with Crippen molar-refractivity contribution in [2.45, 2.75) is 11.3 Å². The highest BCUT2D eigenvalue weighted by atomic mass is 35.7. The lowest BCUT2D eigenvalue weighted by Crippen LogP contribution is -2.18. The molecule has 0 bridgehead atoms. The van der Waals surface area contributed by atoms with Crippen molar-refractivity contribution in [2.24, 2.45) is 0 Å². The van der Waals surface area contributed by atoms with Crippen LogP contribution >= 0.6 is 22.3 Å². The van der Waals surface area contributed by atoms with Gasteiger partial charge < -0.3 is 4.74 Å². The monoisotopic (exact) mass is 339 g/mol. The lowest BCUT2D eigenvalue weighted by Gasteiger charge is -2.11. The Hall–Kier alpha value is -1.26. The number of rotatable bonds is 3. The summed E-state index contributed by atoms with van der Waals surface area (Å²) in [7, 11) is 0.186. The lowest BCUT2D eigenvalue weighted by molar-refractivity contribution is -0.385. The molecule has 0 heterocycles. The van der Waals surface area contributed by atoms with E-state index in [1.165, 1.54) is 0 Å². The number of hydrogen-bond donors (Lipinski definition) is 0. The van der Waals surface area contributed by atoms with E-state index < -0.39 is 41.7 Å². The maximum Gasteiger partial charge on any atom is 0.573 e. The van der Waals surface area contributed by atoms with Crippen LogP contribution in [0.25, 0.3) is 0 Å². The van der Waals surface area contributed by atoms with Gasteiger partial charge in [-0.05, 0) is 0 Å². The van der Waals surface area contributed by atoms with Crippen molar-refractivity contribution in [1.29, 1.82) is 0 Å². The molecule has 0 N–H and O–H groups in total. The van der Waals surface area contributed by atoms with Crippen molar-refractivity contribution in [3.63, 3.8) is 0 Å². The number of alkyl halides is 3. The standard InChI is InChI=1S/C7H2Cl2F3NO5S/c8-3-1-5(18-7(10,11)12)6(19(9,16)17)2-4(3)13(14)15/h1-2H. The van der Waals surface area contributed by atoms with Gasteiger partial charge >= 0.3 is 6.36 Å². The molecule has 0 aliphatic heterocycles. The van der Waals surface area contributed by atoms with E-state index >= 15 is 0 Å². The molecule has 0 aliphatic carbocycles. The zero-order chi connectivity index (χ0) is 15.0. The van der Waals surface area contributed by atoms with E-state index in [1.54, 1.807) is 0 Å². The molecule has 106 valence electrons. The molecule has 1 aromatic rings. The summed E-state index contributed by atoms with van der Waals surface area (Å²) in [6, 6.07) is 0.633. The number of hydrogen-bond acceptors (Lipinski definition) is 5. The minimum Gasteiger partial charge on any atom is -0.404 e. The summed E-state index contributed by atoms with van der Waals surface area (Å²) in [4.78, 5) is 8.23. The van der Waals surface area contributed by atoms with E-state index in [0.29, 0.717) is 6.07 Å². The van der Waals surface area contributed by atoms with Crippen molar-refractivity contribution in [3.8, 4) is 5.75 Å². The first-order chi connectivity index (χ1) is 8.42. The minimum atomic E-state index is -5.21. The second-order valence-electron chi connectivity index (χ2n) is 2.99. The smallest absolute Gasteiger partial charge is 0.404 e. The van der Waals surface area contributed by atoms with Gasteiger partial charge in [-0.1, -0.05) is 11.6 Å². The second-order valence-corrected chi connectivity index (χ2v) is 5.93. The van der Waals surface area contributed by atoms with Gasteiger partial charge in [0.05, 0.1) is 4.92 Å². The Morgan fingerprint density at radius 1 is 1.32 bits per heavy atom. The van der Waals surface area contributed by atoms with Gasteiger partial charge in [0.25, 0.3) is 14.7 Å². The van der Waals surface area contributed by atoms with Gasteiger partial charge in [0.15, 0.2) is 5.75 Å². The van der Waals surface area contributed by atoms with Crippen LogP contribution in [0, 0.1) is 10.1 Å². The predicted molar refractivity (Wildman–Crippen MR) is 57.8 cm³/mol. The molecule has 0 atom stereocenters. The molecular weight excluding hydrogens is 338 g/mol. The van der Waals surface area contributed by atoms with E-state index in [-0.39, 0.29) is 6.07 Å². The van der Waals surface area contributed by atoms with E-state index in [4.69, 9.17) is 22.3 Å². The second kappa shape index (κ2) is 5.02. The number of halogens is 5. The molecule has 0 saturated carbocycles. The van der Waals surface area contributed by atoms with Crippen LogP contribution in [0.4, 0.5) is 18.9 Å². The number of ether oxygens (including phenoxy) is 1. The van der Waals surface area contributed by atoms with Gasteiger partial charge in [0.2, 0.25) is 0 Å². The number of nitro benzene ring substituents is 1. The maximum atomic E-state index is 12.1. The zero-order valence-corrected chi connectivity index (χ0v) is 10.8. The molecule has 0 unspecified atom stereocenters. The molecule has 0 saturated heterocycles. The summed E-state index contributed by atoms with van der Waals surface area (Å²) in [5.41, 5.74) is -0.921. The van der Waals surface area contributed by atoms with Gasteiger partial charge in [-0.15, -0.1) is 13.2 Å². The average molecular weight is 340 g/mol. The molecule has 6 nitrogen and oxygen atoms in total. The Morgan fingerprint density at radius 2 is 1.84 bits per heavy atom. The Kier molecular flexibility index (Phi) is 4.17. The minimum absolute atomic E-state index is 0.283. The molecule has 0 aliphatic rings. The summed E-state index contributed by atoms with van der Waals surface area (Å²) in [5.74, 6) is -1.25. The first-order valence-electron chi connectivity index (χ1n) is 4.10. The Bertz CT molecular complexity index is 630. The molecule has 0 radical (unpaired) electrons. The molecule has 0 aromatic heterocycles. The average Bonchev–Trinajstić information content (AvgIpc) is 2.11. The van der Waals surface area contributed by atoms with Crippen LogP contribution in [0.1, 0.15) is 0 Å². The summed E-state index contributed by atoms with van der Waals surface area (Å²) in [5, 5.41) is 9.79. The Morgan fingerprint density at radius 3 is 2.21 bits per heavy atom. The van der Waals surface area contributed by atoms with Crippen LogP contribution in [0.5, 0.6) is 5.75 Å². The fourth-order valence-electron chi connectivity index (χ4n) is 1.06. The van der Waals surface area contributed by atoms with Gasteiger partial charge in [-0.25, -0.2) is 8.42 Å². The number of benzene rings is 1. The molecular formula is C7H2Cl2F3NO5S. The predicted octanol–water partition coefficient (Wildman–Crippen LogP) is 3.07. The molecule has 1 aromatic carbocycles. The molecule has 0 spiro atoms. The van der Waals surface area contributed by atoms with Crippen LogP contribution in [0.3, 0.4) is 0 Å². The highest BCUT2D eigenvalue weighted by Gasteiger charge is 2.35. The SMILES string of the molecule is O=[N+]([O-])c1cc(S(=O)(=O)Cl)c(OC(F)(F)F)cc1Cl. The van der Waals surface area contributed by atoms with Gasteiger partial charge in [-0.3, -0.25) is 10.1 Å². The molecule has 0 fully saturated rings. The topological polar surface area (TPSA) is 86.5 Å². The molecule has 19 heavy (non-hydrogen) atoms. The van der Waals surface area contributed by atoms with E-state index in [2.05, 4.69) is 4.74 Å². The summed E-state index contributed by atoms with van der Waals surface area (Å²) in [6.07, 6.45) is -5.21. The number of nitrogens with zero attached hydrogens (tertiary/aromatic N) is 1. The van der Waals surface area contributed by atoms with Gasteiger partial charge in [0.1, 0.15) is 9.92 Å². The highest BCUT2D eigenvalue weighted by molar-refractivity contribution is 8.13. The summed E-state index contributed by atoms with van der Waals surface area (Å²) >= 11 is 5.35. The van der Waals surface area contributed by atoms with E-state index in [0.717, 1.165) is 0 Å². The van der Waals surface area contributed by atoms with E-state index in [1.807, 2.05) is 0 Å². The molecule has 0 amide bonds. The third-order valence-electron chi connectivity index (χ3n) is 1.70. The lowest BCUT2D eigenvalue weighted by atomic mass is 10.3. The van der Waals surface area contributed by atoms with Crippen molar-refractivity contribution < 1.29 is 31.2 Å². The van der Waals surface area contributed by atoms with Crippen molar-refractivity contribution in [3.05, 3.63) is 27.3 Å². The fraction of sp³-hybridized carbons (Fsp3) is 0.143. The van der Waals surface area contributed by atoms with Crippen molar-refractivity contribution in [2.75, 3.05) is 0 Å². The first kappa shape index (κ1) is 15.8. The molecule has 12 heteroatoms. The van der Waals surface area contributed by atoms with Crippen LogP contribution < -0.4 is 4.74 Å². The van der Waals surface area contributed by atoms with Crippen molar-refractivity contribution in [1.82, 2.24) is 0 Å². The van der Waals surface area contributed by atoms with Crippen molar-refractivity contribution >= 4 is 37.0 Å². The highest BCUT2D eigenvalue weighted by Crippen LogP contribution is 2.38. The quantitative estimate of drug-likeness (QED) is 0.479.